The SMILES string of the molecule is CN=C(N)C1=CSC(CNC(=O)C2CC(C)(CF)CN2C)C1. The number of nitrogens with zero attached hydrogens (tertiary/aromatic N) is 2. The van der Waals surface area contributed by atoms with Crippen LogP contribution >= 0.6 is 11.8 Å². The van der Waals surface area contributed by atoms with Gasteiger partial charge in [0.1, 0.15) is 5.84 Å². The molecule has 1 fully saturated rings. The molecule has 0 bridgehead atoms. The summed E-state index contributed by atoms with van der Waals surface area (Å²) in [7, 11) is 3.56. The Morgan fingerprint density at radius 2 is 2.41 bits per heavy atom. The van der Waals surface area contributed by atoms with Crippen LogP contribution in [0.2, 0.25) is 0 Å². The van der Waals surface area contributed by atoms with Gasteiger partial charge in [0.2, 0.25) is 5.91 Å². The molecule has 1 saturated heterocycles. The van der Waals surface area contributed by atoms with Gasteiger partial charge in [-0.05, 0) is 25.3 Å². The third kappa shape index (κ3) is 3.81. The van der Waals surface area contributed by atoms with Gasteiger partial charge in [0.15, 0.2) is 0 Å². The van der Waals surface area contributed by atoms with Crippen molar-refractivity contribution >= 4 is 23.5 Å². The maximum absolute atomic E-state index is 13.1. The Labute approximate surface area is 135 Å². The van der Waals surface area contributed by atoms with Gasteiger partial charge in [-0.25, -0.2) is 0 Å². The summed E-state index contributed by atoms with van der Waals surface area (Å²) in [5.74, 6) is 0.557. The maximum atomic E-state index is 13.1. The van der Waals surface area contributed by atoms with Gasteiger partial charge in [-0.1, -0.05) is 6.92 Å². The molecule has 3 unspecified atom stereocenters. The first-order chi connectivity index (χ1) is 10.4. The predicted molar refractivity (Wildman–Crippen MR) is 89.8 cm³/mol. The van der Waals surface area contributed by atoms with Crippen molar-refractivity contribution in [2.24, 2.45) is 16.1 Å². The molecule has 2 aliphatic heterocycles. The molecule has 3 atom stereocenters. The van der Waals surface area contributed by atoms with Gasteiger partial charge in [-0.3, -0.25) is 19.1 Å². The van der Waals surface area contributed by atoms with Crippen LogP contribution in [0.5, 0.6) is 0 Å². The van der Waals surface area contributed by atoms with Gasteiger partial charge in [0, 0.05) is 36.4 Å². The third-order valence-corrected chi connectivity index (χ3v) is 5.54. The lowest BCUT2D eigenvalue weighted by molar-refractivity contribution is -0.125. The molecule has 3 N–H and O–H groups in total. The van der Waals surface area contributed by atoms with Gasteiger partial charge in [-0.15, -0.1) is 11.8 Å². The van der Waals surface area contributed by atoms with Crippen LogP contribution in [0.15, 0.2) is 16.0 Å². The molecule has 7 heteroatoms. The van der Waals surface area contributed by atoms with Crippen molar-refractivity contribution in [1.29, 1.82) is 0 Å². The van der Waals surface area contributed by atoms with E-state index in [9.17, 15) is 9.18 Å². The molecule has 2 heterocycles. The van der Waals surface area contributed by atoms with Crippen LogP contribution in [0.25, 0.3) is 0 Å². The predicted octanol–water partition coefficient (Wildman–Crippen LogP) is 1.16. The molecule has 2 aliphatic rings. The minimum absolute atomic E-state index is 0.00847. The number of thioether (sulfide) groups is 1. The number of hydrogen-bond acceptors (Lipinski definition) is 4. The molecule has 0 spiro atoms. The first kappa shape index (κ1) is 17.3. The number of carbonyl (C=O) groups excluding carboxylic acids is 1. The molecule has 2 rings (SSSR count). The summed E-state index contributed by atoms with van der Waals surface area (Å²) in [6, 6.07) is -0.234. The van der Waals surface area contributed by atoms with Crippen LogP contribution in [0, 0.1) is 5.41 Å². The van der Waals surface area contributed by atoms with E-state index in [1.807, 2.05) is 24.3 Å². The first-order valence-corrected chi connectivity index (χ1v) is 8.44. The Morgan fingerprint density at radius 3 is 3.00 bits per heavy atom. The number of aliphatic imine (C=N–C) groups is 1. The van der Waals surface area contributed by atoms with E-state index < -0.39 is 5.41 Å². The van der Waals surface area contributed by atoms with Crippen LogP contribution in [0.3, 0.4) is 0 Å². The number of hydrogen-bond donors (Lipinski definition) is 2. The molecular formula is C15H25FN4OS. The fourth-order valence-electron chi connectivity index (χ4n) is 3.07. The van der Waals surface area contributed by atoms with Crippen LogP contribution in [-0.2, 0) is 4.79 Å². The Hall–Kier alpha value is -1.08. The van der Waals surface area contributed by atoms with E-state index in [4.69, 9.17) is 5.73 Å². The maximum Gasteiger partial charge on any atom is 0.237 e. The summed E-state index contributed by atoms with van der Waals surface area (Å²) in [4.78, 5) is 18.3. The molecule has 0 radical (unpaired) electrons. The van der Waals surface area contributed by atoms with Crippen LogP contribution in [0.1, 0.15) is 19.8 Å². The molecule has 0 aliphatic carbocycles. The second kappa shape index (κ2) is 7.00. The van der Waals surface area contributed by atoms with E-state index in [2.05, 4.69) is 10.3 Å². The van der Waals surface area contributed by atoms with E-state index in [0.29, 0.717) is 30.6 Å². The molecular weight excluding hydrogens is 303 g/mol. The minimum Gasteiger partial charge on any atom is -0.384 e. The monoisotopic (exact) mass is 328 g/mol. The van der Waals surface area contributed by atoms with Gasteiger partial charge in [0.25, 0.3) is 0 Å². The standard InChI is InChI=1S/C15H25FN4OS/c1-15(8-16)5-12(20(3)9-15)14(21)19-6-11-4-10(7-22-11)13(17)18-2/h7,11-12H,4-6,8-9H2,1-3H3,(H2,17,18)(H,19,21). The van der Waals surface area contributed by atoms with Crippen molar-refractivity contribution in [3.63, 3.8) is 0 Å². The Balaban J connectivity index is 1.80. The summed E-state index contributed by atoms with van der Waals surface area (Å²) in [5, 5.41) is 5.30. The smallest absolute Gasteiger partial charge is 0.237 e. The van der Waals surface area contributed by atoms with E-state index in [-0.39, 0.29) is 18.6 Å². The highest BCUT2D eigenvalue weighted by Gasteiger charge is 2.42. The highest BCUT2D eigenvalue weighted by molar-refractivity contribution is 8.03. The van der Waals surface area contributed by atoms with Gasteiger partial charge < -0.3 is 11.1 Å². The van der Waals surface area contributed by atoms with Gasteiger partial charge in [0.05, 0.1) is 12.7 Å². The lowest BCUT2D eigenvalue weighted by atomic mass is 9.89. The van der Waals surface area contributed by atoms with E-state index in [0.717, 1.165) is 12.0 Å². The zero-order valence-corrected chi connectivity index (χ0v) is 14.3. The summed E-state index contributed by atoms with van der Waals surface area (Å²) in [6.45, 7) is 2.72. The lowest BCUT2D eigenvalue weighted by Crippen LogP contribution is -2.43. The zero-order chi connectivity index (χ0) is 16.3. The second-order valence-electron chi connectivity index (χ2n) is 6.54. The van der Waals surface area contributed by atoms with Crippen molar-refractivity contribution in [3.8, 4) is 0 Å². The summed E-state index contributed by atoms with van der Waals surface area (Å²) >= 11 is 1.67. The number of rotatable bonds is 5. The second-order valence-corrected chi connectivity index (χ2v) is 7.71. The highest BCUT2D eigenvalue weighted by Crippen LogP contribution is 2.34. The van der Waals surface area contributed by atoms with Crippen molar-refractivity contribution in [2.75, 3.05) is 33.9 Å². The number of halogens is 1. The van der Waals surface area contributed by atoms with E-state index in [1.165, 1.54) is 0 Å². The molecule has 0 saturated carbocycles. The average molecular weight is 328 g/mol. The fraction of sp³-hybridized carbons (Fsp3) is 0.733. The summed E-state index contributed by atoms with van der Waals surface area (Å²) in [6.07, 6.45) is 1.39. The number of likely N-dealkylation sites (tertiary alicyclic amines) is 1. The number of amides is 1. The molecule has 0 aromatic rings. The number of amidine groups is 1. The van der Waals surface area contributed by atoms with Gasteiger partial charge in [-0.2, -0.15) is 0 Å². The van der Waals surface area contributed by atoms with Crippen LogP contribution in [0.4, 0.5) is 4.39 Å². The van der Waals surface area contributed by atoms with Crippen LogP contribution in [-0.4, -0.2) is 61.8 Å². The van der Waals surface area contributed by atoms with E-state index >= 15 is 0 Å². The quantitative estimate of drug-likeness (QED) is 0.587. The Morgan fingerprint density at radius 1 is 1.68 bits per heavy atom. The first-order valence-electron chi connectivity index (χ1n) is 7.49. The minimum atomic E-state index is -0.403. The molecule has 0 aromatic heterocycles. The van der Waals surface area contributed by atoms with E-state index in [1.54, 1.807) is 18.8 Å². The molecule has 124 valence electrons. The van der Waals surface area contributed by atoms with Gasteiger partial charge >= 0.3 is 0 Å². The van der Waals surface area contributed by atoms with Crippen molar-refractivity contribution in [2.45, 2.75) is 31.1 Å². The zero-order valence-electron chi connectivity index (χ0n) is 13.4. The number of nitrogens with one attached hydrogen (secondary N) is 1. The lowest BCUT2D eigenvalue weighted by Gasteiger charge is -2.19. The summed E-state index contributed by atoms with van der Waals surface area (Å²) in [5.41, 5.74) is 6.43. The fourth-order valence-corrected chi connectivity index (χ4v) is 4.10. The number of alkyl halides is 1. The van der Waals surface area contributed by atoms with Crippen molar-refractivity contribution in [3.05, 3.63) is 11.0 Å². The molecule has 0 aromatic carbocycles. The highest BCUT2D eigenvalue weighted by atomic mass is 32.2. The number of carbonyl (C=O) groups is 1. The molecule has 1 amide bonds. The largest absolute Gasteiger partial charge is 0.384 e. The van der Waals surface area contributed by atoms with Crippen molar-refractivity contribution < 1.29 is 9.18 Å². The molecule has 5 nitrogen and oxygen atoms in total. The number of nitrogens with two attached hydrogens (primary N) is 1. The third-order valence-electron chi connectivity index (χ3n) is 4.40. The summed E-state index contributed by atoms with van der Waals surface area (Å²) < 4.78 is 13.1. The van der Waals surface area contributed by atoms with Crippen molar-refractivity contribution in [1.82, 2.24) is 10.2 Å². The Kier molecular flexibility index (Phi) is 5.50. The average Bonchev–Trinajstić information content (AvgIpc) is 3.09. The Bertz CT molecular complexity index is 496. The molecule has 22 heavy (non-hydrogen) atoms. The van der Waals surface area contributed by atoms with Crippen LogP contribution < -0.4 is 11.1 Å². The normalized spacial score (nSPS) is 33.1. The topological polar surface area (TPSA) is 70.7 Å². The number of likely N-dealkylation sites (N-methyl/N-ethyl adjacent to an activating group) is 1.